The number of halogens is 1. The van der Waals surface area contributed by atoms with Crippen LogP contribution in [0, 0.1) is 13.8 Å². The zero-order valence-corrected chi connectivity index (χ0v) is 16.0. The van der Waals surface area contributed by atoms with Crippen LogP contribution in [-0.4, -0.2) is 53.4 Å². The highest BCUT2D eigenvalue weighted by Gasteiger charge is 2.30. The van der Waals surface area contributed by atoms with Gasteiger partial charge in [0, 0.05) is 44.3 Å². The maximum absolute atomic E-state index is 12.9. The highest BCUT2D eigenvalue weighted by atomic mass is 35.5. The van der Waals surface area contributed by atoms with Gasteiger partial charge < -0.3 is 0 Å². The Morgan fingerprint density at radius 2 is 1.92 bits per heavy atom. The maximum Gasteiger partial charge on any atom is 0.243 e. The quantitative estimate of drug-likeness (QED) is 0.806. The van der Waals surface area contributed by atoms with Crippen molar-refractivity contribution in [2.75, 3.05) is 26.2 Å². The van der Waals surface area contributed by atoms with Crippen LogP contribution in [-0.2, 0) is 16.6 Å². The third kappa shape index (κ3) is 3.62. The van der Waals surface area contributed by atoms with Gasteiger partial charge in [0.2, 0.25) is 10.0 Å². The zero-order chi connectivity index (χ0) is 17.3. The summed E-state index contributed by atoms with van der Waals surface area (Å²) in [6, 6.07) is 5.53. The first-order valence-electron chi connectivity index (χ1n) is 7.64. The molecule has 0 radical (unpaired) electrons. The van der Waals surface area contributed by atoms with Gasteiger partial charge in [-0.25, -0.2) is 8.42 Å². The Morgan fingerprint density at radius 1 is 1.21 bits per heavy atom. The zero-order valence-electron chi connectivity index (χ0n) is 13.6. The van der Waals surface area contributed by atoms with E-state index in [0.717, 1.165) is 16.8 Å². The van der Waals surface area contributed by atoms with Crippen molar-refractivity contribution in [3.63, 3.8) is 0 Å². The molecule has 0 N–H and O–H groups in total. The second-order valence-corrected chi connectivity index (χ2v) is 9.21. The Kier molecular flexibility index (Phi) is 5.22. The summed E-state index contributed by atoms with van der Waals surface area (Å²) in [6.07, 6.45) is 0. The molecule has 0 aliphatic carbocycles. The summed E-state index contributed by atoms with van der Waals surface area (Å²) in [5.41, 5.74) is 2.49. The number of piperazine rings is 1. The molecule has 130 valence electrons. The Bertz CT molecular complexity index is 830. The van der Waals surface area contributed by atoms with Crippen LogP contribution in [0.15, 0.2) is 23.1 Å². The molecule has 1 fully saturated rings. The van der Waals surface area contributed by atoms with E-state index in [9.17, 15) is 8.42 Å². The summed E-state index contributed by atoms with van der Waals surface area (Å²) in [5.74, 6) is 0. The lowest BCUT2D eigenvalue weighted by Crippen LogP contribution is -2.48. The van der Waals surface area contributed by atoms with Crippen LogP contribution >= 0.6 is 23.1 Å². The SMILES string of the molecule is Cc1ccc(C)c(S(=O)(=O)N2CCN(Cc3nnsc3Cl)CC2)c1. The van der Waals surface area contributed by atoms with Crippen molar-refractivity contribution in [2.24, 2.45) is 0 Å². The molecular weight excluding hydrogens is 368 g/mol. The number of sulfonamides is 1. The van der Waals surface area contributed by atoms with Gasteiger partial charge in [-0.1, -0.05) is 28.2 Å². The Hall–Kier alpha value is -1.06. The van der Waals surface area contributed by atoms with E-state index in [2.05, 4.69) is 14.5 Å². The summed E-state index contributed by atoms with van der Waals surface area (Å²) >= 11 is 7.20. The molecule has 1 aromatic heterocycles. The van der Waals surface area contributed by atoms with Crippen molar-refractivity contribution in [3.8, 4) is 0 Å². The van der Waals surface area contributed by atoms with E-state index < -0.39 is 10.0 Å². The number of aryl methyl sites for hydroxylation is 2. The highest BCUT2D eigenvalue weighted by Crippen LogP contribution is 2.24. The molecule has 6 nitrogen and oxygen atoms in total. The molecule has 1 aliphatic rings. The van der Waals surface area contributed by atoms with E-state index in [0.29, 0.717) is 42.0 Å². The molecule has 0 unspecified atom stereocenters. The van der Waals surface area contributed by atoms with Crippen LogP contribution in [0.1, 0.15) is 16.8 Å². The number of hydrogen-bond donors (Lipinski definition) is 0. The average molecular weight is 387 g/mol. The Balaban J connectivity index is 1.69. The first-order chi connectivity index (χ1) is 11.4. The largest absolute Gasteiger partial charge is 0.295 e. The summed E-state index contributed by atoms with van der Waals surface area (Å²) in [4.78, 5) is 2.56. The second kappa shape index (κ2) is 7.05. The predicted octanol–water partition coefficient (Wildman–Crippen LogP) is 2.31. The minimum atomic E-state index is -3.45. The van der Waals surface area contributed by atoms with Crippen molar-refractivity contribution in [1.82, 2.24) is 18.8 Å². The molecule has 2 aromatic rings. The Morgan fingerprint density at radius 3 is 2.54 bits per heavy atom. The molecule has 1 aliphatic heterocycles. The van der Waals surface area contributed by atoms with Gasteiger partial charge in [0.05, 0.1) is 4.90 Å². The molecule has 0 spiro atoms. The molecule has 1 saturated heterocycles. The van der Waals surface area contributed by atoms with E-state index in [1.54, 1.807) is 10.4 Å². The lowest BCUT2D eigenvalue weighted by atomic mass is 10.2. The van der Waals surface area contributed by atoms with Crippen molar-refractivity contribution in [3.05, 3.63) is 39.4 Å². The minimum absolute atomic E-state index is 0.405. The van der Waals surface area contributed by atoms with Crippen molar-refractivity contribution >= 4 is 33.2 Å². The van der Waals surface area contributed by atoms with Crippen molar-refractivity contribution in [1.29, 1.82) is 0 Å². The van der Waals surface area contributed by atoms with Gasteiger partial charge in [0.15, 0.2) is 0 Å². The number of benzene rings is 1. The molecule has 0 atom stereocenters. The molecule has 24 heavy (non-hydrogen) atoms. The monoisotopic (exact) mass is 386 g/mol. The topological polar surface area (TPSA) is 66.4 Å². The third-order valence-corrected chi connectivity index (χ3v) is 7.20. The molecule has 9 heteroatoms. The molecule has 2 heterocycles. The van der Waals surface area contributed by atoms with Gasteiger partial charge in [-0.05, 0) is 31.0 Å². The number of aromatic nitrogens is 2. The molecule has 0 bridgehead atoms. The Labute approximate surface area is 151 Å². The van der Waals surface area contributed by atoms with Gasteiger partial charge >= 0.3 is 0 Å². The van der Waals surface area contributed by atoms with Crippen LogP contribution in [0.4, 0.5) is 0 Å². The van der Waals surface area contributed by atoms with Gasteiger partial charge in [-0.15, -0.1) is 5.10 Å². The van der Waals surface area contributed by atoms with Crippen LogP contribution in [0.3, 0.4) is 0 Å². The maximum atomic E-state index is 12.9. The molecule has 0 amide bonds. The summed E-state index contributed by atoms with van der Waals surface area (Å²) in [6.45, 7) is 6.57. The number of nitrogens with zero attached hydrogens (tertiary/aromatic N) is 4. The fourth-order valence-electron chi connectivity index (χ4n) is 2.76. The smallest absolute Gasteiger partial charge is 0.243 e. The van der Waals surface area contributed by atoms with Crippen molar-refractivity contribution in [2.45, 2.75) is 25.3 Å². The normalized spacial score (nSPS) is 17.3. The lowest BCUT2D eigenvalue weighted by molar-refractivity contribution is 0.180. The third-order valence-electron chi connectivity index (χ3n) is 4.18. The fraction of sp³-hybridized carbons (Fsp3) is 0.467. The average Bonchev–Trinajstić information content (AvgIpc) is 2.95. The van der Waals surface area contributed by atoms with Crippen LogP contribution in [0.2, 0.25) is 4.34 Å². The second-order valence-electron chi connectivity index (χ2n) is 5.94. The summed E-state index contributed by atoms with van der Waals surface area (Å²) < 4.78 is 31.8. The standard InChI is InChI=1S/C15H19ClN4O2S2/c1-11-3-4-12(2)14(9-11)24(21,22)20-7-5-19(6-8-20)10-13-15(16)23-18-17-13/h3-4,9H,5-8,10H2,1-2H3. The van der Waals surface area contributed by atoms with E-state index >= 15 is 0 Å². The van der Waals surface area contributed by atoms with E-state index in [4.69, 9.17) is 11.6 Å². The summed E-state index contributed by atoms with van der Waals surface area (Å²) in [5, 5.41) is 4.01. The van der Waals surface area contributed by atoms with Crippen LogP contribution < -0.4 is 0 Å². The molecular formula is C15H19ClN4O2S2. The minimum Gasteiger partial charge on any atom is -0.295 e. The van der Waals surface area contributed by atoms with E-state index in [1.165, 1.54) is 11.5 Å². The van der Waals surface area contributed by atoms with Gasteiger partial charge in [0.1, 0.15) is 10.0 Å². The molecule has 1 aromatic carbocycles. The lowest BCUT2D eigenvalue weighted by Gasteiger charge is -2.33. The first-order valence-corrected chi connectivity index (χ1v) is 10.2. The van der Waals surface area contributed by atoms with Gasteiger partial charge in [0.25, 0.3) is 0 Å². The van der Waals surface area contributed by atoms with E-state index in [1.807, 2.05) is 26.0 Å². The predicted molar refractivity (Wildman–Crippen MR) is 94.9 cm³/mol. The van der Waals surface area contributed by atoms with Gasteiger partial charge in [-0.2, -0.15) is 4.31 Å². The fourth-order valence-corrected chi connectivity index (χ4v) is 5.10. The van der Waals surface area contributed by atoms with Crippen LogP contribution in [0.25, 0.3) is 0 Å². The molecule has 3 rings (SSSR count). The van der Waals surface area contributed by atoms with E-state index in [-0.39, 0.29) is 0 Å². The number of hydrogen-bond acceptors (Lipinski definition) is 6. The highest BCUT2D eigenvalue weighted by molar-refractivity contribution is 7.89. The summed E-state index contributed by atoms with van der Waals surface area (Å²) in [7, 11) is -3.45. The van der Waals surface area contributed by atoms with Crippen molar-refractivity contribution < 1.29 is 8.42 Å². The van der Waals surface area contributed by atoms with Gasteiger partial charge in [-0.3, -0.25) is 4.90 Å². The molecule has 0 saturated carbocycles. The number of rotatable bonds is 4. The first kappa shape index (κ1) is 17.8. The van der Waals surface area contributed by atoms with Crippen LogP contribution in [0.5, 0.6) is 0 Å².